The molecule has 1 aromatic carbocycles. The van der Waals surface area contributed by atoms with Gasteiger partial charge in [0.15, 0.2) is 0 Å². The highest BCUT2D eigenvalue weighted by Gasteiger charge is 2.39. The summed E-state index contributed by atoms with van der Waals surface area (Å²) < 4.78 is 6.21. The molecule has 0 N–H and O–H groups in total. The van der Waals surface area contributed by atoms with E-state index in [0.29, 0.717) is 17.9 Å². The highest BCUT2D eigenvalue weighted by atomic mass is 16.6. The molecule has 9 heteroatoms. The van der Waals surface area contributed by atoms with Gasteiger partial charge in [-0.05, 0) is 21.5 Å². The summed E-state index contributed by atoms with van der Waals surface area (Å²) in [7, 11) is 1.28. The van der Waals surface area contributed by atoms with Gasteiger partial charge in [0, 0.05) is 19.0 Å². The number of rotatable bonds is 4. The SMILES string of the molecule is COC(=O)C1Cc2ccccc2N1C(=O)Cn1cc([N+](=O)[O-])nc1C. The number of carbonyl (C=O) groups is 2. The zero-order valence-electron chi connectivity index (χ0n) is 13.7. The minimum Gasteiger partial charge on any atom is -0.467 e. The molecule has 0 radical (unpaired) electrons. The van der Waals surface area contributed by atoms with Crippen LogP contribution in [-0.2, 0) is 27.3 Å². The van der Waals surface area contributed by atoms with E-state index < -0.39 is 16.9 Å². The smallest absolute Gasteiger partial charge is 0.381 e. The lowest BCUT2D eigenvalue weighted by molar-refractivity contribution is -0.389. The second-order valence-electron chi connectivity index (χ2n) is 5.67. The summed E-state index contributed by atoms with van der Waals surface area (Å²) in [6.45, 7) is 1.42. The molecule has 1 atom stereocenters. The van der Waals surface area contributed by atoms with Crippen molar-refractivity contribution in [3.05, 3.63) is 52.0 Å². The Bertz CT molecular complexity index is 860. The summed E-state index contributed by atoms with van der Waals surface area (Å²) in [6, 6.07) is 6.50. The molecule has 0 spiro atoms. The standard InChI is InChI=1S/C16H16N4O5/c1-10-17-14(20(23)24)8-18(10)9-15(21)19-12-6-4-3-5-11(12)7-13(19)16(22)25-2/h3-6,8,13H,7,9H2,1-2H3. The lowest BCUT2D eigenvalue weighted by Crippen LogP contribution is -2.45. The van der Waals surface area contributed by atoms with E-state index in [1.54, 1.807) is 19.1 Å². The van der Waals surface area contributed by atoms with Crippen LogP contribution in [0.15, 0.2) is 30.5 Å². The first-order chi connectivity index (χ1) is 11.9. The zero-order valence-corrected chi connectivity index (χ0v) is 13.7. The van der Waals surface area contributed by atoms with Crippen molar-refractivity contribution in [2.75, 3.05) is 12.0 Å². The van der Waals surface area contributed by atoms with E-state index in [4.69, 9.17) is 4.74 Å². The van der Waals surface area contributed by atoms with E-state index in [-0.39, 0.29) is 18.3 Å². The highest BCUT2D eigenvalue weighted by molar-refractivity contribution is 6.02. The molecule has 2 heterocycles. The molecule has 0 saturated carbocycles. The van der Waals surface area contributed by atoms with Crippen LogP contribution in [0.4, 0.5) is 11.5 Å². The van der Waals surface area contributed by atoms with Crippen LogP contribution in [0.2, 0.25) is 0 Å². The molecule has 1 amide bonds. The second-order valence-corrected chi connectivity index (χ2v) is 5.67. The second kappa shape index (κ2) is 6.34. The fraction of sp³-hybridized carbons (Fsp3) is 0.312. The number of aryl methyl sites for hydroxylation is 1. The predicted octanol–water partition coefficient (Wildman–Crippen LogP) is 1.23. The van der Waals surface area contributed by atoms with Gasteiger partial charge in [-0.15, -0.1) is 0 Å². The van der Waals surface area contributed by atoms with Gasteiger partial charge in [-0.25, -0.2) is 4.79 Å². The van der Waals surface area contributed by atoms with E-state index in [9.17, 15) is 19.7 Å². The van der Waals surface area contributed by atoms with Crippen LogP contribution in [0.1, 0.15) is 11.4 Å². The number of ether oxygens (including phenoxy) is 1. The third-order valence-corrected chi connectivity index (χ3v) is 4.17. The molecule has 1 aliphatic heterocycles. The highest BCUT2D eigenvalue weighted by Crippen LogP contribution is 2.33. The Balaban J connectivity index is 1.91. The van der Waals surface area contributed by atoms with Crippen molar-refractivity contribution >= 4 is 23.4 Å². The quantitative estimate of drug-likeness (QED) is 0.469. The normalized spacial score (nSPS) is 15.8. The lowest BCUT2D eigenvalue weighted by atomic mass is 10.1. The molecule has 0 fully saturated rings. The number of carbonyl (C=O) groups excluding carboxylic acids is 2. The molecule has 3 rings (SSSR count). The van der Waals surface area contributed by atoms with Crippen molar-refractivity contribution < 1.29 is 19.2 Å². The van der Waals surface area contributed by atoms with Gasteiger partial charge >= 0.3 is 11.8 Å². The Morgan fingerprint density at radius 2 is 2.12 bits per heavy atom. The summed E-state index contributed by atoms with van der Waals surface area (Å²) in [6.07, 6.45) is 1.58. The van der Waals surface area contributed by atoms with Crippen molar-refractivity contribution in [3.8, 4) is 0 Å². The Morgan fingerprint density at radius 3 is 2.76 bits per heavy atom. The molecule has 1 aliphatic rings. The van der Waals surface area contributed by atoms with Gasteiger partial charge in [0.2, 0.25) is 11.7 Å². The number of methoxy groups -OCH3 is 1. The summed E-state index contributed by atoms with van der Waals surface area (Å²) in [4.78, 5) is 40.3. The maximum absolute atomic E-state index is 12.8. The molecule has 9 nitrogen and oxygen atoms in total. The van der Waals surface area contributed by atoms with Gasteiger partial charge in [-0.2, -0.15) is 0 Å². The predicted molar refractivity (Wildman–Crippen MR) is 87.1 cm³/mol. The van der Waals surface area contributed by atoms with Gasteiger partial charge < -0.3 is 14.9 Å². The summed E-state index contributed by atoms with van der Waals surface area (Å²) in [5.41, 5.74) is 1.52. The number of nitro groups is 1. The third kappa shape index (κ3) is 2.95. The first kappa shape index (κ1) is 16.6. The number of hydrogen-bond donors (Lipinski definition) is 0. The zero-order chi connectivity index (χ0) is 18.1. The van der Waals surface area contributed by atoms with Crippen molar-refractivity contribution in [1.29, 1.82) is 0 Å². The molecular weight excluding hydrogens is 328 g/mol. The monoisotopic (exact) mass is 344 g/mol. The molecule has 25 heavy (non-hydrogen) atoms. The minimum absolute atomic E-state index is 0.158. The fourth-order valence-corrected chi connectivity index (χ4v) is 2.98. The maximum Gasteiger partial charge on any atom is 0.381 e. The average Bonchev–Trinajstić information content (AvgIpc) is 3.15. The first-order valence-corrected chi connectivity index (χ1v) is 7.58. The molecule has 130 valence electrons. The van der Waals surface area contributed by atoms with Crippen molar-refractivity contribution in [3.63, 3.8) is 0 Å². The Morgan fingerprint density at radius 1 is 1.40 bits per heavy atom. The molecule has 0 bridgehead atoms. The first-order valence-electron chi connectivity index (χ1n) is 7.58. The van der Waals surface area contributed by atoms with Gasteiger partial charge in [0.05, 0.1) is 7.11 Å². The molecule has 0 saturated heterocycles. The topological polar surface area (TPSA) is 108 Å². The number of para-hydroxylation sites is 1. The third-order valence-electron chi connectivity index (χ3n) is 4.17. The maximum atomic E-state index is 12.8. The van der Waals surface area contributed by atoms with Crippen LogP contribution >= 0.6 is 0 Å². The van der Waals surface area contributed by atoms with Crippen LogP contribution < -0.4 is 4.90 Å². The van der Waals surface area contributed by atoms with E-state index >= 15 is 0 Å². The number of imidazole rings is 1. The van der Waals surface area contributed by atoms with Crippen LogP contribution in [0, 0.1) is 17.0 Å². The van der Waals surface area contributed by atoms with Gasteiger partial charge in [-0.1, -0.05) is 18.2 Å². The Kier molecular flexibility index (Phi) is 4.22. The number of esters is 1. The number of nitrogens with zero attached hydrogens (tertiary/aromatic N) is 4. The Hall–Kier alpha value is -3.23. The van der Waals surface area contributed by atoms with E-state index in [2.05, 4.69) is 4.98 Å². The van der Waals surface area contributed by atoms with Crippen molar-refractivity contribution in [1.82, 2.24) is 9.55 Å². The fourth-order valence-electron chi connectivity index (χ4n) is 2.98. The molecule has 0 aliphatic carbocycles. The van der Waals surface area contributed by atoms with Crippen LogP contribution in [0.5, 0.6) is 0 Å². The molecule has 1 aromatic heterocycles. The number of anilines is 1. The largest absolute Gasteiger partial charge is 0.467 e. The van der Waals surface area contributed by atoms with E-state index in [0.717, 1.165) is 5.56 Å². The average molecular weight is 344 g/mol. The van der Waals surface area contributed by atoms with Crippen molar-refractivity contribution in [2.45, 2.75) is 25.9 Å². The van der Waals surface area contributed by atoms with Gasteiger partial charge in [0.1, 0.15) is 18.8 Å². The number of hydrogen-bond acceptors (Lipinski definition) is 6. The molecule has 1 unspecified atom stereocenters. The number of benzene rings is 1. The summed E-state index contributed by atoms with van der Waals surface area (Å²) >= 11 is 0. The van der Waals surface area contributed by atoms with Gasteiger partial charge in [0.25, 0.3) is 0 Å². The number of fused-ring (bicyclic) bond motifs is 1. The lowest BCUT2D eigenvalue weighted by Gasteiger charge is -2.23. The van der Waals surface area contributed by atoms with Crippen LogP contribution in [0.3, 0.4) is 0 Å². The number of amides is 1. The minimum atomic E-state index is -0.742. The summed E-state index contributed by atoms with van der Waals surface area (Å²) in [5, 5.41) is 10.8. The van der Waals surface area contributed by atoms with Crippen LogP contribution in [-0.4, -0.2) is 39.5 Å². The van der Waals surface area contributed by atoms with Crippen LogP contribution in [0.25, 0.3) is 0 Å². The van der Waals surface area contributed by atoms with E-state index in [1.165, 1.54) is 22.8 Å². The molecule has 2 aromatic rings. The summed E-state index contributed by atoms with van der Waals surface area (Å²) in [5.74, 6) is -0.840. The van der Waals surface area contributed by atoms with E-state index in [1.807, 2.05) is 12.1 Å². The van der Waals surface area contributed by atoms with Gasteiger partial charge in [-0.3, -0.25) is 14.3 Å². The molecular formula is C16H16N4O5. The van der Waals surface area contributed by atoms with Crippen molar-refractivity contribution in [2.24, 2.45) is 0 Å². The Labute approximate surface area is 143 Å². The number of aromatic nitrogens is 2.